The minimum absolute atomic E-state index is 0.000730. The lowest BCUT2D eigenvalue weighted by atomic mass is 10.3. The standard InChI is InChI=1S/C15H14Cl2N2O2S/c16-10-3-4-11(17)13(7-10)21-8-14-18-12(9-22-14)15(20)19-5-1-2-6-19/h3-4,7,9H,1-2,5-6,8H2. The van der Waals surface area contributed by atoms with Crippen LogP contribution in [0.4, 0.5) is 0 Å². The molecule has 1 fully saturated rings. The van der Waals surface area contributed by atoms with Gasteiger partial charge >= 0.3 is 0 Å². The molecule has 1 aliphatic rings. The number of likely N-dealkylation sites (tertiary alicyclic amines) is 1. The molecular weight excluding hydrogens is 343 g/mol. The van der Waals surface area contributed by atoms with Gasteiger partial charge < -0.3 is 9.64 Å². The third-order valence-electron chi connectivity index (χ3n) is 3.41. The molecule has 0 unspecified atom stereocenters. The van der Waals surface area contributed by atoms with E-state index in [1.165, 1.54) is 11.3 Å². The second kappa shape index (κ2) is 6.86. The number of carbonyl (C=O) groups excluding carboxylic acids is 1. The molecular formula is C15H14Cl2N2O2S. The molecule has 1 amide bonds. The van der Waals surface area contributed by atoms with E-state index < -0.39 is 0 Å². The van der Waals surface area contributed by atoms with Crippen molar-refractivity contribution >= 4 is 40.4 Å². The zero-order chi connectivity index (χ0) is 15.5. The number of nitrogens with zero attached hydrogens (tertiary/aromatic N) is 2. The van der Waals surface area contributed by atoms with Crippen LogP contribution in [-0.2, 0) is 6.61 Å². The monoisotopic (exact) mass is 356 g/mol. The van der Waals surface area contributed by atoms with Crippen LogP contribution in [0.15, 0.2) is 23.6 Å². The molecule has 0 bridgehead atoms. The zero-order valence-corrected chi connectivity index (χ0v) is 14.0. The Labute approximate surface area is 142 Å². The lowest BCUT2D eigenvalue weighted by Gasteiger charge is -2.12. The van der Waals surface area contributed by atoms with Crippen LogP contribution in [0.25, 0.3) is 0 Å². The van der Waals surface area contributed by atoms with E-state index in [1.807, 2.05) is 4.90 Å². The largest absolute Gasteiger partial charge is 0.485 e. The van der Waals surface area contributed by atoms with Crippen LogP contribution < -0.4 is 4.74 Å². The Hall–Kier alpha value is -1.30. The number of aromatic nitrogens is 1. The van der Waals surface area contributed by atoms with Crippen molar-refractivity contribution in [3.05, 3.63) is 44.3 Å². The molecule has 3 rings (SSSR count). The second-order valence-corrected chi connectivity index (χ2v) is 6.78. The van der Waals surface area contributed by atoms with Gasteiger partial charge in [-0.1, -0.05) is 23.2 Å². The predicted octanol–water partition coefficient (Wildman–Crippen LogP) is 4.26. The molecule has 0 saturated carbocycles. The van der Waals surface area contributed by atoms with Gasteiger partial charge in [-0.3, -0.25) is 4.79 Å². The molecule has 0 aliphatic carbocycles. The van der Waals surface area contributed by atoms with Gasteiger partial charge in [-0.15, -0.1) is 11.3 Å². The Morgan fingerprint density at radius 3 is 2.86 bits per heavy atom. The highest BCUT2D eigenvalue weighted by Crippen LogP contribution is 2.28. The second-order valence-electron chi connectivity index (χ2n) is 4.99. The minimum atomic E-state index is 0.000730. The van der Waals surface area contributed by atoms with Gasteiger partial charge in [0.15, 0.2) is 0 Å². The van der Waals surface area contributed by atoms with E-state index in [2.05, 4.69) is 4.98 Å². The van der Waals surface area contributed by atoms with Gasteiger partial charge in [0.1, 0.15) is 23.1 Å². The average molecular weight is 357 g/mol. The minimum Gasteiger partial charge on any atom is -0.485 e. The molecule has 1 aliphatic heterocycles. The topological polar surface area (TPSA) is 42.4 Å². The summed E-state index contributed by atoms with van der Waals surface area (Å²) in [6, 6.07) is 5.05. The Kier molecular flexibility index (Phi) is 4.86. The number of halogens is 2. The van der Waals surface area contributed by atoms with Crippen LogP contribution >= 0.6 is 34.5 Å². The number of benzene rings is 1. The highest BCUT2D eigenvalue weighted by Gasteiger charge is 2.21. The molecule has 2 heterocycles. The van der Waals surface area contributed by atoms with Crippen molar-refractivity contribution in [3.8, 4) is 5.75 Å². The summed E-state index contributed by atoms with van der Waals surface area (Å²) in [5.74, 6) is 0.512. The lowest BCUT2D eigenvalue weighted by Crippen LogP contribution is -2.27. The SMILES string of the molecule is O=C(c1csc(COc2cc(Cl)ccc2Cl)n1)N1CCCC1. The van der Waals surface area contributed by atoms with E-state index >= 15 is 0 Å². The fraction of sp³-hybridized carbons (Fsp3) is 0.333. The summed E-state index contributed by atoms with van der Waals surface area (Å²) >= 11 is 13.4. The van der Waals surface area contributed by atoms with Crippen LogP contribution in [0.2, 0.25) is 10.0 Å². The number of ether oxygens (including phenoxy) is 1. The van der Waals surface area contributed by atoms with Gasteiger partial charge in [0.25, 0.3) is 5.91 Å². The molecule has 0 radical (unpaired) electrons. The molecule has 7 heteroatoms. The summed E-state index contributed by atoms with van der Waals surface area (Å²) in [7, 11) is 0. The van der Waals surface area contributed by atoms with Gasteiger partial charge in [-0.05, 0) is 25.0 Å². The van der Waals surface area contributed by atoms with Crippen molar-refractivity contribution in [2.24, 2.45) is 0 Å². The third kappa shape index (κ3) is 3.54. The van der Waals surface area contributed by atoms with Gasteiger partial charge in [-0.2, -0.15) is 0 Å². The van der Waals surface area contributed by atoms with Gasteiger partial charge in [0.2, 0.25) is 0 Å². The Balaban J connectivity index is 1.64. The molecule has 0 spiro atoms. The summed E-state index contributed by atoms with van der Waals surface area (Å²) in [6.45, 7) is 1.90. The van der Waals surface area contributed by atoms with Crippen LogP contribution in [0.1, 0.15) is 28.3 Å². The summed E-state index contributed by atoms with van der Waals surface area (Å²) in [5, 5.41) is 3.56. The Bertz CT molecular complexity index is 684. The van der Waals surface area contributed by atoms with E-state index in [9.17, 15) is 4.79 Å². The van der Waals surface area contributed by atoms with Gasteiger partial charge in [-0.25, -0.2) is 4.98 Å². The maximum Gasteiger partial charge on any atom is 0.273 e. The van der Waals surface area contributed by atoms with Crippen molar-refractivity contribution in [2.75, 3.05) is 13.1 Å². The molecule has 4 nitrogen and oxygen atoms in total. The fourth-order valence-electron chi connectivity index (χ4n) is 2.28. The van der Waals surface area contributed by atoms with Crippen LogP contribution in [-0.4, -0.2) is 28.9 Å². The smallest absolute Gasteiger partial charge is 0.273 e. The molecule has 116 valence electrons. The molecule has 2 aromatic rings. The molecule has 1 saturated heterocycles. The first-order valence-corrected chi connectivity index (χ1v) is 8.58. The Morgan fingerprint density at radius 1 is 1.32 bits per heavy atom. The van der Waals surface area contributed by atoms with Crippen LogP contribution in [0.5, 0.6) is 5.75 Å². The number of carbonyl (C=O) groups is 1. The first-order chi connectivity index (χ1) is 10.6. The highest BCUT2D eigenvalue weighted by molar-refractivity contribution is 7.09. The van der Waals surface area contributed by atoms with Crippen molar-refractivity contribution < 1.29 is 9.53 Å². The Morgan fingerprint density at radius 2 is 2.09 bits per heavy atom. The fourth-order valence-corrected chi connectivity index (χ4v) is 3.30. The van der Waals surface area contributed by atoms with Crippen molar-refractivity contribution in [2.45, 2.75) is 19.4 Å². The van der Waals surface area contributed by atoms with Crippen LogP contribution in [0.3, 0.4) is 0 Å². The highest BCUT2D eigenvalue weighted by atomic mass is 35.5. The van der Waals surface area contributed by atoms with Gasteiger partial charge in [0.05, 0.1) is 5.02 Å². The third-order valence-corrected chi connectivity index (χ3v) is 4.78. The maximum atomic E-state index is 12.2. The summed E-state index contributed by atoms with van der Waals surface area (Å²) in [6.07, 6.45) is 2.14. The molecule has 0 atom stereocenters. The summed E-state index contributed by atoms with van der Waals surface area (Å²) < 4.78 is 5.63. The van der Waals surface area contributed by atoms with Crippen LogP contribution in [0, 0.1) is 0 Å². The zero-order valence-electron chi connectivity index (χ0n) is 11.7. The van der Waals surface area contributed by atoms with E-state index in [0.29, 0.717) is 21.5 Å². The lowest BCUT2D eigenvalue weighted by molar-refractivity contribution is 0.0787. The van der Waals surface area contributed by atoms with E-state index in [-0.39, 0.29) is 12.5 Å². The molecule has 1 aromatic carbocycles. The molecule has 0 N–H and O–H groups in total. The average Bonchev–Trinajstić information content (AvgIpc) is 3.19. The summed E-state index contributed by atoms with van der Waals surface area (Å²) in [5.41, 5.74) is 0.489. The normalized spacial score (nSPS) is 14.4. The van der Waals surface area contributed by atoms with Crippen molar-refractivity contribution in [1.82, 2.24) is 9.88 Å². The van der Waals surface area contributed by atoms with E-state index in [4.69, 9.17) is 27.9 Å². The predicted molar refractivity (Wildman–Crippen MR) is 88.0 cm³/mol. The number of rotatable bonds is 4. The van der Waals surface area contributed by atoms with E-state index in [0.717, 1.165) is 30.9 Å². The number of amides is 1. The maximum absolute atomic E-state index is 12.2. The first-order valence-electron chi connectivity index (χ1n) is 6.95. The van der Waals surface area contributed by atoms with E-state index in [1.54, 1.807) is 23.6 Å². The first kappa shape index (κ1) is 15.6. The van der Waals surface area contributed by atoms with Crippen molar-refractivity contribution in [1.29, 1.82) is 0 Å². The number of hydrogen-bond acceptors (Lipinski definition) is 4. The molecule has 1 aromatic heterocycles. The van der Waals surface area contributed by atoms with Crippen molar-refractivity contribution in [3.63, 3.8) is 0 Å². The van der Waals surface area contributed by atoms with Gasteiger partial charge in [0, 0.05) is 29.6 Å². The number of thiazole rings is 1. The molecule has 22 heavy (non-hydrogen) atoms. The summed E-state index contributed by atoms with van der Waals surface area (Å²) in [4.78, 5) is 18.4. The number of hydrogen-bond donors (Lipinski definition) is 0. The quantitative estimate of drug-likeness (QED) is 0.821.